The van der Waals surface area contributed by atoms with Gasteiger partial charge >= 0.3 is 0 Å². The molecule has 0 aliphatic heterocycles. The summed E-state index contributed by atoms with van der Waals surface area (Å²) in [6.45, 7) is 2.55. The summed E-state index contributed by atoms with van der Waals surface area (Å²) in [5.74, 6) is 0.144. The quantitative estimate of drug-likeness (QED) is 0.245. The molecule has 2 amide bonds. The zero-order valence-corrected chi connectivity index (χ0v) is 22.5. The van der Waals surface area contributed by atoms with Crippen LogP contribution in [0, 0.1) is 0 Å². The topological polar surface area (TPSA) is 146 Å². The molecular weight excluding hydrogens is 506 g/mol. The van der Waals surface area contributed by atoms with Crippen LogP contribution >= 0.6 is 0 Å². The zero-order valence-electron chi connectivity index (χ0n) is 22.5. The van der Waals surface area contributed by atoms with E-state index in [9.17, 15) is 14.7 Å². The van der Waals surface area contributed by atoms with Crippen LogP contribution in [0.15, 0.2) is 48.7 Å². The zero-order chi connectivity index (χ0) is 28.2. The highest BCUT2D eigenvalue weighted by Gasteiger charge is 2.24. The lowest BCUT2D eigenvalue weighted by atomic mass is 10.0. The number of ether oxygens (including phenoxy) is 4. The minimum Gasteiger partial charge on any atom is -0.493 e. The van der Waals surface area contributed by atoms with E-state index in [4.69, 9.17) is 18.9 Å². The number of aromatic nitrogens is 3. The maximum absolute atomic E-state index is 12.8. The number of amides is 2. The fourth-order valence-electron chi connectivity index (χ4n) is 3.95. The molecule has 3 rings (SSSR count). The van der Waals surface area contributed by atoms with Gasteiger partial charge in [0.05, 0.1) is 45.7 Å². The number of benzene rings is 2. The van der Waals surface area contributed by atoms with Crippen molar-refractivity contribution >= 4 is 11.8 Å². The van der Waals surface area contributed by atoms with Gasteiger partial charge in [0.15, 0.2) is 23.5 Å². The highest BCUT2D eigenvalue weighted by molar-refractivity contribution is 5.98. The second-order valence-electron chi connectivity index (χ2n) is 8.45. The lowest BCUT2D eigenvalue weighted by Gasteiger charge is -2.23. The van der Waals surface area contributed by atoms with Crippen molar-refractivity contribution in [3.8, 4) is 17.2 Å². The summed E-state index contributed by atoms with van der Waals surface area (Å²) in [5, 5.41) is 23.9. The van der Waals surface area contributed by atoms with Crippen molar-refractivity contribution < 1.29 is 33.6 Å². The SMILES string of the molecule is CCOC(O)C(CCc1ccccc1)NC(=O)c1cn(CCNC(=O)c2ccc(OC)c(OC)c2OC)nn1. The number of hydrogen-bond acceptors (Lipinski definition) is 9. The van der Waals surface area contributed by atoms with Gasteiger partial charge in [-0.15, -0.1) is 5.10 Å². The second kappa shape index (κ2) is 14.7. The van der Waals surface area contributed by atoms with Crippen molar-refractivity contribution in [2.24, 2.45) is 0 Å². The first-order valence-electron chi connectivity index (χ1n) is 12.5. The van der Waals surface area contributed by atoms with Crippen molar-refractivity contribution in [2.75, 3.05) is 34.5 Å². The fraction of sp³-hybridized carbons (Fsp3) is 0.407. The Hall–Kier alpha value is -4.16. The van der Waals surface area contributed by atoms with Crippen molar-refractivity contribution in [3.05, 3.63) is 65.5 Å². The van der Waals surface area contributed by atoms with E-state index in [-0.39, 0.29) is 36.0 Å². The molecule has 0 radical (unpaired) electrons. The molecule has 210 valence electrons. The number of aliphatic hydroxyl groups excluding tert-OH is 1. The summed E-state index contributed by atoms with van der Waals surface area (Å²) in [4.78, 5) is 25.6. The molecule has 39 heavy (non-hydrogen) atoms. The van der Waals surface area contributed by atoms with Crippen LogP contribution in [-0.4, -0.2) is 78.7 Å². The Balaban J connectivity index is 1.57. The van der Waals surface area contributed by atoms with Crippen LogP contribution in [0.5, 0.6) is 17.2 Å². The molecule has 0 aliphatic carbocycles. The highest BCUT2D eigenvalue weighted by atomic mass is 16.6. The predicted octanol–water partition coefficient (Wildman–Crippen LogP) is 1.82. The Kier molecular flexibility index (Phi) is 11.1. The van der Waals surface area contributed by atoms with Gasteiger partial charge in [0.1, 0.15) is 0 Å². The number of nitrogens with one attached hydrogen (secondary N) is 2. The molecule has 0 aliphatic rings. The van der Waals surface area contributed by atoms with E-state index in [1.165, 1.54) is 32.2 Å². The summed E-state index contributed by atoms with van der Waals surface area (Å²) in [6, 6.07) is 12.3. The van der Waals surface area contributed by atoms with E-state index in [0.29, 0.717) is 30.9 Å². The monoisotopic (exact) mass is 541 g/mol. The first-order chi connectivity index (χ1) is 18.9. The van der Waals surface area contributed by atoms with Gasteiger partial charge in [0.25, 0.3) is 11.8 Å². The van der Waals surface area contributed by atoms with Gasteiger partial charge in [-0.1, -0.05) is 35.5 Å². The first-order valence-corrected chi connectivity index (χ1v) is 12.5. The van der Waals surface area contributed by atoms with Crippen molar-refractivity contribution in [3.63, 3.8) is 0 Å². The van der Waals surface area contributed by atoms with Gasteiger partial charge in [-0.3, -0.25) is 9.59 Å². The molecule has 1 aromatic heterocycles. The molecule has 0 saturated carbocycles. The molecular formula is C27H35N5O7. The van der Waals surface area contributed by atoms with E-state index in [1.807, 2.05) is 30.3 Å². The summed E-state index contributed by atoms with van der Waals surface area (Å²) < 4.78 is 22.7. The standard InChI is InChI=1S/C27H35N5O7/c1-5-39-27(35)20(13-11-18-9-7-6-8-10-18)29-26(34)21-17-32(31-30-21)16-15-28-25(33)19-12-14-22(36-2)24(38-4)23(19)37-3/h6-10,12,14,17,20,27,35H,5,11,13,15-16H2,1-4H3,(H,28,33)(H,29,34). The van der Waals surface area contributed by atoms with Gasteiger partial charge in [-0.05, 0) is 37.5 Å². The van der Waals surface area contributed by atoms with Crippen LogP contribution < -0.4 is 24.8 Å². The van der Waals surface area contributed by atoms with Gasteiger partial charge in [-0.2, -0.15) is 0 Å². The average molecular weight is 542 g/mol. The number of carbonyl (C=O) groups excluding carboxylic acids is 2. The highest BCUT2D eigenvalue weighted by Crippen LogP contribution is 2.39. The largest absolute Gasteiger partial charge is 0.493 e. The molecule has 3 N–H and O–H groups in total. The minimum absolute atomic E-state index is 0.0799. The lowest BCUT2D eigenvalue weighted by Crippen LogP contribution is -2.45. The van der Waals surface area contributed by atoms with Gasteiger partial charge in [0, 0.05) is 13.2 Å². The number of rotatable bonds is 15. The minimum atomic E-state index is -1.17. The molecule has 2 atom stereocenters. The van der Waals surface area contributed by atoms with Crippen LogP contribution in [-0.2, 0) is 17.7 Å². The smallest absolute Gasteiger partial charge is 0.273 e. The fourth-order valence-corrected chi connectivity index (χ4v) is 3.95. The van der Waals surface area contributed by atoms with Crippen LogP contribution in [0.3, 0.4) is 0 Å². The summed E-state index contributed by atoms with van der Waals surface area (Å²) in [6.07, 6.45) is 1.42. The maximum Gasteiger partial charge on any atom is 0.273 e. The molecule has 1 heterocycles. The second-order valence-corrected chi connectivity index (χ2v) is 8.45. The van der Waals surface area contributed by atoms with Crippen molar-refractivity contribution in [1.82, 2.24) is 25.6 Å². The van der Waals surface area contributed by atoms with Gasteiger partial charge in [-0.25, -0.2) is 4.68 Å². The third kappa shape index (κ3) is 7.91. The Labute approximate surface area is 227 Å². The van der Waals surface area contributed by atoms with Crippen LogP contribution in [0.1, 0.15) is 39.8 Å². The molecule has 0 spiro atoms. The Morgan fingerprint density at radius 1 is 1.00 bits per heavy atom. The summed E-state index contributed by atoms with van der Waals surface area (Å²) in [7, 11) is 4.40. The lowest BCUT2D eigenvalue weighted by molar-refractivity contribution is -0.115. The number of nitrogens with zero attached hydrogens (tertiary/aromatic N) is 3. The maximum atomic E-state index is 12.8. The number of carbonyl (C=O) groups is 2. The van der Waals surface area contributed by atoms with Gasteiger partial charge in [0.2, 0.25) is 5.75 Å². The summed E-state index contributed by atoms with van der Waals surface area (Å²) >= 11 is 0. The third-order valence-electron chi connectivity index (χ3n) is 5.93. The van der Waals surface area contributed by atoms with Crippen molar-refractivity contribution in [2.45, 2.75) is 38.6 Å². The number of aliphatic hydroxyl groups is 1. The van der Waals surface area contributed by atoms with Gasteiger partial charge < -0.3 is 34.7 Å². The molecule has 12 nitrogen and oxygen atoms in total. The molecule has 2 unspecified atom stereocenters. The van der Waals surface area contributed by atoms with Crippen molar-refractivity contribution in [1.29, 1.82) is 0 Å². The van der Waals surface area contributed by atoms with E-state index in [1.54, 1.807) is 19.1 Å². The predicted molar refractivity (Wildman–Crippen MR) is 142 cm³/mol. The molecule has 3 aromatic rings. The molecule has 2 aromatic carbocycles. The summed E-state index contributed by atoms with van der Waals surface area (Å²) in [5.41, 5.74) is 1.44. The van der Waals surface area contributed by atoms with Crippen LogP contribution in [0.4, 0.5) is 0 Å². The van der Waals surface area contributed by atoms with E-state index < -0.39 is 18.2 Å². The Morgan fingerprint density at radius 2 is 1.74 bits per heavy atom. The van der Waals surface area contributed by atoms with E-state index >= 15 is 0 Å². The Morgan fingerprint density at radius 3 is 2.41 bits per heavy atom. The van der Waals surface area contributed by atoms with Crippen LogP contribution in [0.25, 0.3) is 0 Å². The molecule has 0 saturated heterocycles. The van der Waals surface area contributed by atoms with E-state index in [2.05, 4.69) is 20.9 Å². The molecule has 0 fully saturated rings. The number of aryl methyl sites for hydroxylation is 1. The molecule has 0 bridgehead atoms. The first kappa shape index (κ1) is 29.4. The molecule has 12 heteroatoms. The van der Waals surface area contributed by atoms with Crippen LogP contribution in [0.2, 0.25) is 0 Å². The Bertz CT molecular complexity index is 1220. The normalized spacial score (nSPS) is 12.3. The number of methoxy groups -OCH3 is 3. The van der Waals surface area contributed by atoms with E-state index in [0.717, 1.165) is 5.56 Å². The number of hydrogen-bond donors (Lipinski definition) is 3. The third-order valence-corrected chi connectivity index (χ3v) is 5.93. The average Bonchev–Trinajstić information content (AvgIpc) is 3.43.